The second kappa shape index (κ2) is 5.34. The van der Waals surface area contributed by atoms with E-state index in [1.54, 1.807) is 23.1 Å². The molecule has 3 heterocycles. The van der Waals surface area contributed by atoms with E-state index in [-0.39, 0.29) is 5.91 Å². The summed E-state index contributed by atoms with van der Waals surface area (Å²) >= 11 is 3.20. The van der Waals surface area contributed by atoms with E-state index < -0.39 is 0 Å². The number of aromatic nitrogens is 1. The van der Waals surface area contributed by atoms with Crippen LogP contribution in [0.1, 0.15) is 17.1 Å². The van der Waals surface area contributed by atoms with Crippen LogP contribution in [-0.2, 0) is 11.3 Å². The monoisotopic (exact) mass is 294 g/mol. The molecule has 7 heteroatoms. The van der Waals surface area contributed by atoms with Gasteiger partial charge in [-0.15, -0.1) is 11.3 Å². The van der Waals surface area contributed by atoms with Crippen molar-refractivity contribution >= 4 is 34.2 Å². The molecule has 0 fully saturated rings. The average Bonchev–Trinajstić information content (AvgIpc) is 3.05. The summed E-state index contributed by atoms with van der Waals surface area (Å²) in [5.74, 6) is 0.0330. The van der Waals surface area contributed by atoms with Gasteiger partial charge in [0, 0.05) is 17.6 Å². The minimum Gasteiger partial charge on any atom is -0.350 e. The zero-order valence-corrected chi connectivity index (χ0v) is 12.2. The molecule has 1 aromatic heterocycles. The fraction of sp³-hybridized carbons (Fsp3) is 0.417. The van der Waals surface area contributed by atoms with E-state index in [0.717, 1.165) is 34.7 Å². The Morgan fingerprint density at radius 1 is 1.58 bits per heavy atom. The number of nitrogens with zero attached hydrogens (tertiary/aromatic N) is 3. The molecule has 1 aromatic rings. The van der Waals surface area contributed by atoms with E-state index in [9.17, 15) is 4.79 Å². The topological polar surface area (TPSA) is 57.6 Å². The molecule has 1 amide bonds. The summed E-state index contributed by atoms with van der Waals surface area (Å²) in [5.41, 5.74) is 1.97. The van der Waals surface area contributed by atoms with Crippen molar-refractivity contribution in [2.75, 3.05) is 13.1 Å². The van der Waals surface area contributed by atoms with Crippen LogP contribution in [0, 0.1) is 6.92 Å². The van der Waals surface area contributed by atoms with Crippen LogP contribution in [0.4, 0.5) is 0 Å². The number of rotatable bonds is 4. The highest BCUT2D eigenvalue weighted by Gasteiger charge is 2.27. The molecule has 2 aliphatic heterocycles. The van der Waals surface area contributed by atoms with Crippen LogP contribution in [-0.4, -0.2) is 34.0 Å². The van der Waals surface area contributed by atoms with Gasteiger partial charge in [0.2, 0.25) is 5.91 Å². The zero-order chi connectivity index (χ0) is 13.2. The normalized spacial score (nSPS) is 17.2. The van der Waals surface area contributed by atoms with Gasteiger partial charge in [0.05, 0.1) is 30.2 Å². The quantitative estimate of drug-likeness (QED) is 0.918. The average molecular weight is 294 g/mol. The molecule has 0 unspecified atom stereocenters. The minimum absolute atomic E-state index is 0.0330. The van der Waals surface area contributed by atoms with Crippen molar-refractivity contribution in [1.82, 2.24) is 15.2 Å². The molecule has 3 rings (SSSR count). The molecule has 0 saturated carbocycles. The Hall–Kier alpha value is -1.34. The third-order valence-electron chi connectivity index (χ3n) is 2.92. The van der Waals surface area contributed by atoms with Crippen molar-refractivity contribution in [3.63, 3.8) is 0 Å². The number of thioether (sulfide) groups is 1. The number of hydrogen-bond acceptors (Lipinski definition) is 6. The highest BCUT2D eigenvalue weighted by atomic mass is 32.2. The first-order chi connectivity index (χ1) is 9.22. The SMILES string of the molecule is Cc1nc(CNC(=O)CC2=CSC3=NCCN23)cs1. The molecule has 0 bridgehead atoms. The summed E-state index contributed by atoms with van der Waals surface area (Å²) in [6.07, 6.45) is 0.412. The van der Waals surface area contributed by atoms with E-state index in [4.69, 9.17) is 0 Å². The smallest absolute Gasteiger partial charge is 0.226 e. The number of hydrogen-bond donors (Lipinski definition) is 1. The fourth-order valence-corrected chi connectivity index (χ4v) is 3.59. The Morgan fingerprint density at radius 2 is 2.47 bits per heavy atom. The van der Waals surface area contributed by atoms with Gasteiger partial charge in [-0.2, -0.15) is 0 Å². The van der Waals surface area contributed by atoms with Crippen LogP contribution in [0.5, 0.6) is 0 Å². The zero-order valence-electron chi connectivity index (χ0n) is 10.5. The first-order valence-electron chi connectivity index (χ1n) is 6.08. The third kappa shape index (κ3) is 2.82. The first kappa shape index (κ1) is 12.7. The lowest BCUT2D eigenvalue weighted by molar-refractivity contribution is -0.120. The number of carbonyl (C=O) groups excluding carboxylic acids is 1. The van der Waals surface area contributed by atoms with Crippen LogP contribution in [0.15, 0.2) is 21.5 Å². The summed E-state index contributed by atoms with van der Waals surface area (Å²) in [7, 11) is 0. The van der Waals surface area contributed by atoms with Gasteiger partial charge in [-0.1, -0.05) is 11.8 Å². The number of aliphatic imine (C=N–C) groups is 1. The molecule has 0 radical (unpaired) electrons. The predicted molar refractivity (Wildman–Crippen MR) is 78.0 cm³/mol. The molecule has 1 N–H and O–H groups in total. The summed E-state index contributed by atoms with van der Waals surface area (Å²) in [6.45, 7) is 4.20. The molecule has 0 spiro atoms. The van der Waals surface area contributed by atoms with Crippen LogP contribution in [0.2, 0.25) is 0 Å². The van der Waals surface area contributed by atoms with E-state index in [0.29, 0.717) is 13.0 Å². The van der Waals surface area contributed by atoms with E-state index in [1.807, 2.05) is 17.7 Å². The highest BCUT2D eigenvalue weighted by molar-refractivity contribution is 8.16. The molecular formula is C12H14N4OS2. The lowest BCUT2D eigenvalue weighted by Crippen LogP contribution is -2.28. The number of thiazole rings is 1. The van der Waals surface area contributed by atoms with Crippen molar-refractivity contribution in [2.45, 2.75) is 19.9 Å². The molecule has 0 aliphatic carbocycles. The predicted octanol–water partition coefficient (Wildman–Crippen LogP) is 1.72. The van der Waals surface area contributed by atoms with Crippen molar-refractivity contribution in [1.29, 1.82) is 0 Å². The number of nitrogens with one attached hydrogen (secondary N) is 1. The van der Waals surface area contributed by atoms with Crippen LogP contribution in [0.3, 0.4) is 0 Å². The first-order valence-corrected chi connectivity index (χ1v) is 7.84. The van der Waals surface area contributed by atoms with Crippen molar-refractivity contribution in [3.8, 4) is 0 Å². The molecule has 100 valence electrons. The molecule has 0 aromatic carbocycles. The fourth-order valence-electron chi connectivity index (χ4n) is 2.02. The van der Waals surface area contributed by atoms with Crippen LogP contribution in [0.25, 0.3) is 0 Å². The van der Waals surface area contributed by atoms with Gasteiger partial charge < -0.3 is 10.2 Å². The maximum atomic E-state index is 11.9. The van der Waals surface area contributed by atoms with Gasteiger partial charge in [-0.25, -0.2) is 4.98 Å². The maximum absolute atomic E-state index is 11.9. The van der Waals surface area contributed by atoms with Gasteiger partial charge in [-0.05, 0) is 12.3 Å². The summed E-state index contributed by atoms with van der Waals surface area (Å²) < 4.78 is 0. The van der Waals surface area contributed by atoms with Gasteiger partial charge in [0.1, 0.15) is 0 Å². The lowest BCUT2D eigenvalue weighted by Gasteiger charge is -2.15. The molecule has 2 aliphatic rings. The standard InChI is InChI=1S/C12H14N4OS2/c1-8-15-9(6-18-8)5-14-11(17)4-10-7-19-12-13-2-3-16(10)12/h6-7H,2-5H2,1H3,(H,14,17). The van der Waals surface area contributed by atoms with E-state index in [2.05, 4.69) is 20.2 Å². The Morgan fingerprint density at radius 3 is 3.26 bits per heavy atom. The lowest BCUT2D eigenvalue weighted by atomic mass is 10.3. The third-order valence-corrected chi connectivity index (χ3v) is 4.70. The van der Waals surface area contributed by atoms with Crippen molar-refractivity contribution in [2.24, 2.45) is 4.99 Å². The second-order valence-corrected chi connectivity index (χ2v) is 6.25. The molecule has 5 nitrogen and oxygen atoms in total. The Bertz CT molecular complexity index is 564. The summed E-state index contributed by atoms with van der Waals surface area (Å²) in [4.78, 5) is 22.7. The Labute approximate surface area is 119 Å². The summed E-state index contributed by atoms with van der Waals surface area (Å²) in [6, 6.07) is 0. The van der Waals surface area contributed by atoms with Gasteiger partial charge in [0.25, 0.3) is 0 Å². The van der Waals surface area contributed by atoms with Gasteiger partial charge >= 0.3 is 0 Å². The van der Waals surface area contributed by atoms with Gasteiger partial charge in [0.15, 0.2) is 5.17 Å². The maximum Gasteiger partial charge on any atom is 0.226 e. The summed E-state index contributed by atoms with van der Waals surface area (Å²) in [5, 5.41) is 8.95. The molecule has 19 heavy (non-hydrogen) atoms. The number of fused-ring (bicyclic) bond motifs is 1. The number of carbonyl (C=O) groups is 1. The second-order valence-electron chi connectivity index (χ2n) is 4.35. The number of amidine groups is 1. The van der Waals surface area contributed by atoms with Crippen LogP contribution < -0.4 is 5.32 Å². The number of aryl methyl sites for hydroxylation is 1. The Balaban J connectivity index is 1.50. The number of amides is 1. The van der Waals surface area contributed by atoms with Crippen LogP contribution >= 0.6 is 23.1 Å². The molecule has 0 atom stereocenters. The van der Waals surface area contributed by atoms with Crippen molar-refractivity contribution in [3.05, 3.63) is 27.2 Å². The largest absolute Gasteiger partial charge is 0.350 e. The van der Waals surface area contributed by atoms with Gasteiger partial charge in [-0.3, -0.25) is 9.79 Å². The highest BCUT2D eigenvalue weighted by Crippen LogP contribution is 2.30. The van der Waals surface area contributed by atoms with E-state index >= 15 is 0 Å². The minimum atomic E-state index is 0.0330. The van der Waals surface area contributed by atoms with E-state index in [1.165, 1.54) is 0 Å². The van der Waals surface area contributed by atoms with Crippen molar-refractivity contribution < 1.29 is 4.79 Å². The Kier molecular flexibility index (Phi) is 3.56. The molecule has 0 saturated heterocycles. The molecular weight excluding hydrogens is 280 g/mol.